The van der Waals surface area contributed by atoms with Gasteiger partial charge in [-0.2, -0.15) is 0 Å². The molecule has 18 heavy (non-hydrogen) atoms. The second-order valence-corrected chi connectivity index (χ2v) is 4.42. The fourth-order valence-corrected chi connectivity index (χ4v) is 1.84. The quantitative estimate of drug-likeness (QED) is 0.792. The van der Waals surface area contributed by atoms with E-state index in [0.29, 0.717) is 32.0 Å². The van der Waals surface area contributed by atoms with E-state index in [1.807, 2.05) is 6.92 Å². The molecule has 1 fully saturated rings. The Labute approximate surface area is 106 Å². The standard InChI is InChI=1S/C12H17N3O3/c1-9-4-14-11(5-13-9)12(17)15-2-3-18-8-10(6-15)7-16/h4-5,10,16H,2-3,6-8H2,1H3. The highest BCUT2D eigenvalue weighted by molar-refractivity contribution is 5.92. The highest BCUT2D eigenvalue weighted by Crippen LogP contribution is 2.09. The van der Waals surface area contributed by atoms with Crippen molar-refractivity contribution in [1.82, 2.24) is 14.9 Å². The lowest BCUT2D eigenvalue weighted by Crippen LogP contribution is -2.37. The first kappa shape index (κ1) is 12.9. The largest absolute Gasteiger partial charge is 0.396 e. The zero-order chi connectivity index (χ0) is 13.0. The number of carbonyl (C=O) groups excluding carboxylic acids is 1. The van der Waals surface area contributed by atoms with E-state index in [-0.39, 0.29) is 18.4 Å². The number of aliphatic hydroxyl groups is 1. The second-order valence-electron chi connectivity index (χ2n) is 4.42. The maximum atomic E-state index is 12.2. The first-order chi connectivity index (χ1) is 8.70. The topological polar surface area (TPSA) is 75.6 Å². The molecule has 1 atom stereocenters. The minimum absolute atomic E-state index is 0.0172. The SMILES string of the molecule is Cc1cnc(C(=O)N2CCOCC(CO)C2)cn1. The summed E-state index contributed by atoms with van der Waals surface area (Å²) in [5.41, 5.74) is 1.11. The molecule has 0 bridgehead atoms. The molecule has 0 aromatic carbocycles. The number of hydrogen-bond donors (Lipinski definition) is 1. The molecule has 6 heteroatoms. The molecular weight excluding hydrogens is 234 g/mol. The lowest BCUT2D eigenvalue weighted by Gasteiger charge is -2.22. The third kappa shape index (κ3) is 3.02. The molecule has 2 rings (SSSR count). The van der Waals surface area contributed by atoms with E-state index in [2.05, 4.69) is 9.97 Å². The summed E-state index contributed by atoms with van der Waals surface area (Å²) in [6.07, 6.45) is 3.06. The Morgan fingerprint density at radius 3 is 3.06 bits per heavy atom. The van der Waals surface area contributed by atoms with Crippen LogP contribution in [-0.2, 0) is 4.74 Å². The summed E-state index contributed by atoms with van der Waals surface area (Å²) in [5.74, 6) is -0.193. The molecule has 1 N–H and O–H groups in total. The van der Waals surface area contributed by atoms with Gasteiger partial charge >= 0.3 is 0 Å². The van der Waals surface area contributed by atoms with Crippen molar-refractivity contribution in [3.63, 3.8) is 0 Å². The van der Waals surface area contributed by atoms with Crippen LogP contribution in [0.1, 0.15) is 16.2 Å². The maximum absolute atomic E-state index is 12.2. The highest BCUT2D eigenvalue weighted by atomic mass is 16.5. The lowest BCUT2D eigenvalue weighted by atomic mass is 10.1. The van der Waals surface area contributed by atoms with Crippen LogP contribution in [0, 0.1) is 12.8 Å². The zero-order valence-corrected chi connectivity index (χ0v) is 10.4. The summed E-state index contributed by atoms with van der Waals surface area (Å²) in [7, 11) is 0. The van der Waals surface area contributed by atoms with Crippen molar-refractivity contribution in [3.8, 4) is 0 Å². The van der Waals surface area contributed by atoms with E-state index >= 15 is 0 Å². The van der Waals surface area contributed by atoms with Gasteiger partial charge in [-0.05, 0) is 6.92 Å². The molecule has 6 nitrogen and oxygen atoms in total. The fraction of sp³-hybridized carbons (Fsp3) is 0.583. The molecular formula is C12H17N3O3. The van der Waals surface area contributed by atoms with Crippen LogP contribution in [0.2, 0.25) is 0 Å². The van der Waals surface area contributed by atoms with Crippen LogP contribution >= 0.6 is 0 Å². The van der Waals surface area contributed by atoms with Gasteiger partial charge in [-0.3, -0.25) is 9.78 Å². The number of hydrogen-bond acceptors (Lipinski definition) is 5. The van der Waals surface area contributed by atoms with Gasteiger partial charge in [0.25, 0.3) is 5.91 Å². The van der Waals surface area contributed by atoms with E-state index in [0.717, 1.165) is 5.69 Å². The molecule has 1 aliphatic rings. The monoisotopic (exact) mass is 251 g/mol. The Balaban J connectivity index is 2.09. The van der Waals surface area contributed by atoms with E-state index in [1.165, 1.54) is 6.20 Å². The van der Waals surface area contributed by atoms with Gasteiger partial charge in [0.15, 0.2) is 0 Å². The van der Waals surface area contributed by atoms with Crippen molar-refractivity contribution in [2.75, 3.05) is 32.9 Å². The normalized spacial score (nSPS) is 20.6. The van der Waals surface area contributed by atoms with Crippen LogP contribution in [0.5, 0.6) is 0 Å². The van der Waals surface area contributed by atoms with Gasteiger partial charge in [-0.25, -0.2) is 4.98 Å². The smallest absolute Gasteiger partial charge is 0.274 e. The van der Waals surface area contributed by atoms with Crippen molar-refractivity contribution < 1.29 is 14.6 Å². The number of aryl methyl sites for hydroxylation is 1. The second kappa shape index (κ2) is 5.88. The number of amides is 1. The van der Waals surface area contributed by atoms with Crippen molar-refractivity contribution in [3.05, 3.63) is 23.8 Å². The molecule has 0 radical (unpaired) electrons. The molecule has 2 heterocycles. The predicted octanol–water partition coefficient (Wildman–Crippen LogP) is -0.134. The van der Waals surface area contributed by atoms with Gasteiger partial charge in [0.2, 0.25) is 0 Å². The maximum Gasteiger partial charge on any atom is 0.274 e. The molecule has 1 saturated heterocycles. The van der Waals surface area contributed by atoms with Crippen LogP contribution < -0.4 is 0 Å². The van der Waals surface area contributed by atoms with Crippen molar-refractivity contribution in [2.45, 2.75) is 6.92 Å². The summed E-state index contributed by atoms with van der Waals surface area (Å²) >= 11 is 0. The van der Waals surface area contributed by atoms with Crippen LogP contribution in [0.15, 0.2) is 12.4 Å². The minimum atomic E-state index is -0.161. The van der Waals surface area contributed by atoms with Gasteiger partial charge in [-0.15, -0.1) is 0 Å². The van der Waals surface area contributed by atoms with E-state index in [4.69, 9.17) is 4.74 Å². The number of aliphatic hydroxyl groups excluding tert-OH is 1. The Kier molecular flexibility index (Phi) is 4.22. The van der Waals surface area contributed by atoms with Gasteiger partial charge in [0, 0.05) is 31.8 Å². The molecule has 1 aromatic heterocycles. The Bertz CT molecular complexity index is 408. The number of carbonyl (C=O) groups is 1. The van der Waals surface area contributed by atoms with Crippen LogP contribution in [0.25, 0.3) is 0 Å². The number of aromatic nitrogens is 2. The summed E-state index contributed by atoms with van der Waals surface area (Å²) in [6.45, 7) is 3.82. The van der Waals surface area contributed by atoms with E-state index in [1.54, 1.807) is 11.1 Å². The van der Waals surface area contributed by atoms with Crippen LogP contribution in [-0.4, -0.2) is 58.8 Å². The van der Waals surface area contributed by atoms with E-state index in [9.17, 15) is 9.90 Å². The van der Waals surface area contributed by atoms with E-state index < -0.39 is 0 Å². The lowest BCUT2D eigenvalue weighted by molar-refractivity contribution is 0.0722. The summed E-state index contributed by atoms with van der Waals surface area (Å²) in [6, 6.07) is 0. The van der Waals surface area contributed by atoms with Crippen molar-refractivity contribution in [2.24, 2.45) is 5.92 Å². The summed E-state index contributed by atoms with van der Waals surface area (Å²) in [4.78, 5) is 22.0. The third-order valence-corrected chi connectivity index (χ3v) is 2.88. The predicted molar refractivity (Wildman–Crippen MR) is 64.1 cm³/mol. The average molecular weight is 251 g/mol. The van der Waals surface area contributed by atoms with Crippen LogP contribution in [0.3, 0.4) is 0 Å². The van der Waals surface area contributed by atoms with Gasteiger partial charge < -0.3 is 14.7 Å². The zero-order valence-electron chi connectivity index (χ0n) is 10.4. The molecule has 1 amide bonds. The Hall–Kier alpha value is -1.53. The first-order valence-electron chi connectivity index (χ1n) is 5.97. The third-order valence-electron chi connectivity index (χ3n) is 2.88. The Morgan fingerprint density at radius 2 is 2.39 bits per heavy atom. The fourth-order valence-electron chi connectivity index (χ4n) is 1.84. The summed E-state index contributed by atoms with van der Waals surface area (Å²) < 4.78 is 5.34. The first-order valence-corrected chi connectivity index (χ1v) is 5.97. The molecule has 0 aliphatic carbocycles. The average Bonchev–Trinajstić information content (AvgIpc) is 2.64. The van der Waals surface area contributed by atoms with Gasteiger partial charge in [-0.1, -0.05) is 0 Å². The molecule has 1 aliphatic heterocycles. The van der Waals surface area contributed by atoms with Gasteiger partial charge in [0.05, 0.1) is 25.1 Å². The number of ether oxygens (including phenoxy) is 1. The minimum Gasteiger partial charge on any atom is -0.396 e. The van der Waals surface area contributed by atoms with Gasteiger partial charge in [0.1, 0.15) is 5.69 Å². The van der Waals surface area contributed by atoms with Crippen molar-refractivity contribution in [1.29, 1.82) is 0 Å². The molecule has 1 aromatic rings. The summed E-state index contributed by atoms with van der Waals surface area (Å²) in [5, 5.41) is 9.18. The number of nitrogens with zero attached hydrogens (tertiary/aromatic N) is 3. The van der Waals surface area contributed by atoms with Crippen molar-refractivity contribution >= 4 is 5.91 Å². The molecule has 0 spiro atoms. The molecule has 1 unspecified atom stereocenters. The molecule has 98 valence electrons. The highest BCUT2D eigenvalue weighted by Gasteiger charge is 2.23. The molecule has 0 saturated carbocycles. The Morgan fingerprint density at radius 1 is 1.56 bits per heavy atom. The van der Waals surface area contributed by atoms with Crippen LogP contribution in [0.4, 0.5) is 0 Å². The number of rotatable bonds is 2.